The number of carboxylic acids is 1. The maximum atomic E-state index is 12.7. The average molecular weight is 161 g/mol. The molecule has 0 radical (unpaired) electrons. The van der Waals surface area contributed by atoms with Crippen LogP contribution in [0, 0.1) is 0 Å². The van der Waals surface area contributed by atoms with Crippen LogP contribution in [0.5, 0.6) is 0 Å². The maximum Gasteiger partial charge on any atom is 0.306 e. The Morgan fingerprint density at radius 1 is 1.64 bits per heavy atom. The molecule has 1 unspecified atom stereocenters. The molecule has 1 atom stereocenters. The molecule has 1 fully saturated rings. The SMILES string of the molecule is O=C(O)CC(F)CN1CCC1. The number of hydrogen-bond acceptors (Lipinski definition) is 2. The number of halogens is 1. The molecule has 4 heteroatoms. The smallest absolute Gasteiger partial charge is 0.306 e. The molecule has 0 saturated carbocycles. The van der Waals surface area contributed by atoms with Gasteiger partial charge in [-0.25, -0.2) is 4.39 Å². The zero-order valence-electron chi connectivity index (χ0n) is 6.29. The van der Waals surface area contributed by atoms with Gasteiger partial charge >= 0.3 is 5.97 Å². The fourth-order valence-corrected chi connectivity index (χ4v) is 1.10. The molecule has 0 amide bonds. The molecular weight excluding hydrogens is 149 g/mol. The first-order valence-corrected chi connectivity index (χ1v) is 3.76. The van der Waals surface area contributed by atoms with Gasteiger partial charge in [0.1, 0.15) is 6.17 Å². The number of rotatable bonds is 4. The van der Waals surface area contributed by atoms with Crippen molar-refractivity contribution in [2.75, 3.05) is 19.6 Å². The summed E-state index contributed by atoms with van der Waals surface area (Å²) in [4.78, 5) is 12.0. The van der Waals surface area contributed by atoms with Crippen molar-refractivity contribution in [1.29, 1.82) is 0 Å². The molecule has 11 heavy (non-hydrogen) atoms. The Labute approximate surface area is 64.8 Å². The van der Waals surface area contributed by atoms with Crippen LogP contribution < -0.4 is 0 Å². The van der Waals surface area contributed by atoms with Crippen LogP contribution in [0.3, 0.4) is 0 Å². The largest absolute Gasteiger partial charge is 0.481 e. The number of nitrogens with zero attached hydrogens (tertiary/aromatic N) is 1. The second kappa shape index (κ2) is 3.67. The van der Waals surface area contributed by atoms with Crippen LogP contribution >= 0.6 is 0 Å². The fourth-order valence-electron chi connectivity index (χ4n) is 1.10. The van der Waals surface area contributed by atoms with Crippen molar-refractivity contribution in [2.45, 2.75) is 19.0 Å². The van der Waals surface area contributed by atoms with E-state index < -0.39 is 12.1 Å². The minimum Gasteiger partial charge on any atom is -0.481 e. The van der Waals surface area contributed by atoms with E-state index in [1.54, 1.807) is 0 Å². The van der Waals surface area contributed by atoms with Crippen molar-refractivity contribution in [1.82, 2.24) is 4.90 Å². The molecule has 1 aliphatic heterocycles. The van der Waals surface area contributed by atoms with Crippen molar-refractivity contribution >= 4 is 5.97 Å². The molecule has 1 N–H and O–H groups in total. The number of aliphatic carboxylic acids is 1. The second-order valence-electron chi connectivity index (χ2n) is 2.85. The minimum absolute atomic E-state index is 0.284. The summed E-state index contributed by atoms with van der Waals surface area (Å²) >= 11 is 0. The Balaban J connectivity index is 2.09. The average Bonchev–Trinajstić information content (AvgIpc) is 1.77. The van der Waals surface area contributed by atoms with Crippen LogP contribution in [0.2, 0.25) is 0 Å². The fraction of sp³-hybridized carbons (Fsp3) is 0.857. The highest BCUT2D eigenvalue weighted by Gasteiger charge is 2.20. The Kier molecular flexibility index (Phi) is 2.82. The van der Waals surface area contributed by atoms with Crippen molar-refractivity contribution in [3.05, 3.63) is 0 Å². The molecule has 1 rings (SSSR count). The van der Waals surface area contributed by atoms with Gasteiger partial charge in [-0.2, -0.15) is 0 Å². The molecule has 64 valence electrons. The molecule has 1 saturated heterocycles. The molecule has 0 aromatic carbocycles. The standard InChI is InChI=1S/C7H12FNO2/c8-6(4-7(10)11)5-9-2-1-3-9/h6H,1-5H2,(H,10,11). The summed E-state index contributed by atoms with van der Waals surface area (Å²) in [6.45, 7) is 2.12. The maximum absolute atomic E-state index is 12.7. The molecule has 0 bridgehead atoms. The van der Waals surface area contributed by atoms with Gasteiger partial charge in [0.05, 0.1) is 6.42 Å². The Hall–Kier alpha value is -0.640. The molecule has 3 nitrogen and oxygen atoms in total. The molecule has 0 aromatic rings. The van der Waals surface area contributed by atoms with Gasteiger partial charge in [-0.15, -0.1) is 0 Å². The van der Waals surface area contributed by atoms with Crippen molar-refractivity contribution in [3.63, 3.8) is 0 Å². The lowest BCUT2D eigenvalue weighted by Gasteiger charge is -2.31. The van der Waals surface area contributed by atoms with Crippen LogP contribution in [0.25, 0.3) is 0 Å². The van der Waals surface area contributed by atoms with E-state index in [0.29, 0.717) is 0 Å². The highest BCUT2D eigenvalue weighted by molar-refractivity contribution is 5.67. The zero-order valence-corrected chi connectivity index (χ0v) is 6.29. The topological polar surface area (TPSA) is 40.5 Å². The van der Waals surface area contributed by atoms with E-state index >= 15 is 0 Å². The minimum atomic E-state index is -1.20. The summed E-state index contributed by atoms with van der Waals surface area (Å²) in [5, 5.41) is 8.23. The first-order chi connectivity index (χ1) is 5.18. The third kappa shape index (κ3) is 2.84. The van der Waals surface area contributed by atoms with Crippen molar-refractivity contribution in [2.24, 2.45) is 0 Å². The van der Waals surface area contributed by atoms with E-state index in [2.05, 4.69) is 0 Å². The summed E-state index contributed by atoms with van der Waals surface area (Å²) in [6.07, 6.45) is -0.455. The molecule has 0 aliphatic carbocycles. The van der Waals surface area contributed by atoms with Gasteiger partial charge in [-0.1, -0.05) is 0 Å². The number of alkyl halides is 1. The Morgan fingerprint density at radius 2 is 2.27 bits per heavy atom. The first kappa shape index (κ1) is 8.46. The van der Waals surface area contributed by atoms with Gasteiger partial charge in [0.2, 0.25) is 0 Å². The number of hydrogen-bond donors (Lipinski definition) is 1. The summed E-state index contributed by atoms with van der Waals surface area (Å²) in [7, 11) is 0. The third-order valence-electron chi connectivity index (χ3n) is 1.80. The normalized spacial score (nSPS) is 20.8. The van der Waals surface area contributed by atoms with Crippen LogP contribution in [0.4, 0.5) is 4.39 Å². The monoisotopic (exact) mass is 161 g/mol. The van der Waals surface area contributed by atoms with E-state index in [1.807, 2.05) is 4.90 Å². The molecule has 0 spiro atoms. The van der Waals surface area contributed by atoms with Gasteiger partial charge in [-0.05, 0) is 19.5 Å². The summed E-state index contributed by atoms with van der Waals surface area (Å²) in [5.74, 6) is -1.06. The molecule has 0 aromatic heterocycles. The van der Waals surface area contributed by atoms with E-state index in [9.17, 15) is 9.18 Å². The quantitative estimate of drug-likeness (QED) is 0.653. The van der Waals surface area contributed by atoms with Gasteiger partial charge < -0.3 is 10.0 Å². The van der Waals surface area contributed by atoms with Crippen LogP contribution in [0.15, 0.2) is 0 Å². The summed E-state index contributed by atoms with van der Waals surface area (Å²) < 4.78 is 12.7. The van der Waals surface area contributed by atoms with E-state index in [4.69, 9.17) is 5.11 Å². The first-order valence-electron chi connectivity index (χ1n) is 3.76. The van der Waals surface area contributed by atoms with Crippen LogP contribution in [-0.2, 0) is 4.79 Å². The lowest BCUT2D eigenvalue weighted by Crippen LogP contribution is -2.41. The number of likely N-dealkylation sites (tertiary alicyclic amines) is 1. The van der Waals surface area contributed by atoms with Crippen LogP contribution in [-0.4, -0.2) is 41.8 Å². The lowest BCUT2D eigenvalue weighted by atomic mass is 10.2. The molecule has 1 aliphatic rings. The van der Waals surface area contributed by atoms with Crippen molar-refractivity contribution in [3.8, 4) is 0 Å². The molecular formula is C7H12FNO2. The van der Waals surface area contributed by atoms with Crippen molar-refractivity contribution < 1.29 is 14.3 Å². The lowest BCUT2D eigenvalue weighted by molar-refractivity contribution is -0.138. The number of carbonyl (C=O) groups is 1. The van der Waals surface area contributed by atoms with Gasteiger partial charge in [0, 0.05) is 6.54 Å². The Bertz CT molecular complexity index is 147. The predicted octanol–water partition coefficient (Wildman–Crippen LogP) is 0.505. The van der Waals surface area contributed by atoms with Gasteiger partial charge in [0.25, 0.3) is 0 Å². The second-order valence-corrected chi connectivity index (χ2v) is 2.85. The van der Waals surface area contributed by atoms with Gasteiger partial charge in [-0.3, -0.25) is 4.79 Å². The van der Waals surface area contributed by atoms with E-state index in [1.165, 1.54) is 0 Å². The van der Waals surface area contributed by atoms with Crippen LogP contribution in [0.1, 0.15) is 12.8 Å². The summed E-state index contributed by atoms with van der Waals surface area (Å²) in [6, 6.07) is 0. The van der Waals surface area contributed by atoms with Gasteiger partial charge in [0.15, 0.2) is 0 Å². The number of carboxylic acid groups (broad SMARTS) is 1. The predicted molar refractivity (Wildman–Crippen MR) is 38.2 cm³/mol. The zero-order chi connectivity index (χ0) is 8.27. The molecule has 1 heterocycles. The third-order valence-corrected chi connectivity index (χ3v) is 1.80. The van der Waals surface area contributed by atoms with E-state index in [-0.39, 0.29) is 13.0 Å². The Morgan fingerprint density at radius 3 is 2.64 bits per heavy atom. The highest BCUT2D eigenvalue weighted by atomic mass is 19.1. The van der Waals surface area contributed by atoms with E-state index in [0.717, 1.165) is 19.5 Å². The summed E-state index contributed by atoms with van der Waals surface area (Å²) in [5.41, 5.74) is 0. The highest BCUT2D eigenvalue weighted by Crippen LogP contribution is 2.09.